The number of carbonyl (C=O) groups excluding carboxylic acids is 1. The monoisotopic (exact) mass is 245 g/mol. The molecule has 0 aromatic heterocycles. The van der Waals surface area contributed by atoms with E-state index in [0.717, 1.165) is 43.7 Å². The van der Waals surface area contributed by atoms with Gasteiger partial charge in [-0.2, -0.15) is 0 Å². The van der Waals surface area contributed by atoms with Crippen LogP contribution in [0.3, 0.4) is 0 Å². The maximum absolute atomic E-state index is 12.4. The normalized spacial score (nSPS) is 26.5. The number of Topliss-reactive ketones (excluding diaryl/α,β-unsaturated/α-hetero) is 1. The zero-order valence-electron chi connectivity index (χ0n) is 10.7. The highest BCUT2D eigenvalue weighted by Crippen LogP contribution is 2.30. The van der Waals surface area contributed by atoms with Gasteiger partial charge in [0.05, 0.1) is 0 Å². The Kier molecular flexibility index (Phi) is 3.08. The summed E-state index contributed by atoms with van der Waals surface area (Å²) in [5, 5.41) is 3.30. The van der Waals surface area contributed by atoms with Gasteiger partial charge in [-0.3, -0.25) is 4.79 Å². The Morgan fingerprint density at radius 1 is 1.44 bits per heavy atom. The van der Waals surface area contributed by atoms with Gasteiger partial charge in [0.2, 0.25) is 0 Å². The van der Waals surface area contributed by atoms with Gasteiger partial charge >= 0.3 is 0 Å². The van der Waals surface area contributed by atoms with Crippen LogP contribution in [0.25, 0.3) is 0 Å². The van der Waals surface area contributed by atoms with E-state index in [1.165, 1.54) is 5.56 Å². The van der Waals surface area contributed by atoms with E-state index in [2.05, 4.69) is 12.2 Å². The highest BCUT2D eigenvalue weighted by Gasteiger charge is 2.25. The summed E-state index contributed by atoms with van der Waals surface area (Å²) in [4.78, 5) is 12.4. The average Bonchev–Trinajstić information content (AvgIpc) is 2.78. The van der Waals surface area contributed by atoms with Gasteiger partial charge in [-0.15, -0.1) is 0 Å². The summed E-state index contributed by atoms with van der Waals surface area (Å²) >= 11 is 0. The summed E-state index contributed by atoms with van der Waals surface area (Å²) in [6.45, 7) is 3.93. The summed E-state index contributed by atoms with van der Waals surface area (Å²) in [5.74, 6) is 1.38. The first-order chi connectivity index (χ1) is 8.74. The molecule has 18 heavy (non-hydrogen) atoms. The number of fused-ring (bicyclic) bond motifs is 1. The third-order valence-corrected chi connectivity index (χ3v) is 3.85. The molecule has 2 atom stereocenters. The minimum atomic E-state index is 0.150. The number of benzene rings is 1. The number of carbonyl (C=O) groups is 1. The predicted molar refractivity (Wildman–Crippen MR) is 70.2 cm³/mol. The van der Waals surface area contributed by atoms with Crippen molar-refractivity contribution in [2.75, 3.05) is 13.1 Å². The fourth-order valence-electron chi connectivity index (χ4n) is 2.89. The number of hydrogen-bond acceptors (Lipinski definition) is 3. The molecule has 0 bridgehead atoms. The Bertz CT molecular complexity index is 464. The number of ether oxygens (including phenoxy) is 1. The van der Waals surface area contributed by atoms with Crippen LogP contribution in [0.4, 0.5) is 0 Å². The summed E-state index contributed by atoms with van der Waals surface area (Å²) in [7, 11) is 0. The molecule has 2 aliphatic rings. The molecular weight excluding hydrogens is 226 g/mol. The van der Waals surface area contributed by atoms with E-state index in [0.29, 0.717) is 0 Å². The fraction of sp³-hybridized carbons (Fsp3) is 0.533. The molecule has 3 nitrogen and oxygen atoms in total. The van der Waals surface area contributed by atoms with Gasteiger partial charge in [-0.25, -0.2) is 0 Å². The third-order valence-electron chi connectivity index (χ3n) is 3.85. The Labute approximate surface area is 108 Å². The highest BCUT2D eigenvalue weighted by molar-refractivity contribution is 5.98. The van der Waals surface area contributed by atoms with Crippen LogP contribution in [0, 0.1) is 5.92 Å². The molecule has 3 heteroatoms. The van der Waals surface area contributed by atoms with Crippen molar-refractivity contribution in [3.05, 3.63) is 29.3 Å². The second-order valence-electron chi connectivity index (χ2n) is 5.36. The van der Waals surface area contributed by atoms with Gasteiger partial charge in [-0.05, 0) is 50.1 Å². The van der Waals surface area contributed by atoms with Crippen LogP contribution in [0.2, 0.25) is 0 Å². The molecule has 3 rings (SSSR count). The van der Waals surface area contributed by atoms with E-state index in [1.54, 1.807) is 0 Å². The van der Waals surface area contributed by atoms with Crippen molar-refractivity contribution in [2.45, 2.75) is 32.3 Å². The lowest BCUT2D eigenvalue weighted by Gasteiger charge is -2.21. The zero-order chi connectivity index (χ0) is 12.5. The van der Waals surface area contributed by atoms with E-state index in [1.807, 2.05) is 18.2 Å². The lowest BCUT2D eigenvalue weighted by Crippen LogP contribution is -2.34. The van der Waals surface area contributed by atoms with Crippen molar-refractivity contribution < 1.29 is 9.53 Å². The lowest BCUT2D eigenvalue weighted by atomic mass is 9.90. The average molecular weight is 245 g/mol. The van der Waals surface area contributed by atoms with E-state index in [9.17, 15) is 4.79 Å². The molecule has 1 aromatic rings. The van der Waals surface area contributed by atoms with Crippen molar-refractivity contribution in [3.63, 3.8) is 0 Å². The van der Waals surface area contributed by atoms with Gasteiger partial charge in [0, 0.05) is 24.4 Å². The van der Waals surface area contributed by atoms with Gasteiger partial charge in [0.1, 0.15) is 11.9 Å². The largest absolute Gasteiger partial charge is 0.490 e. The summed E-state index contributed by atoms with van der Waals surface area (Å²) < 4.78 is 5.66. The van der Waals surface area contributed by atoms with E-state index < -0.39 is 0 Å². The second kappa shape index (κ2) is 4.73. The summed E-state index contributed by atoms with van der Waals surface area (Å²) in [6.07, 6.45) is 3.26. The number of rotatable bonds is 2. The fourth-order valence-corrected chi connectivity index (χ4v) is 2.89. The first kappa shape index (κ1) is 11.7. The molecule has 0 radical (unpaired) electrons. The summed E-state index contributed by atoms with van der Waals surface area (Å²) in [6, 6.07) is 5.88. The Balaban J connectivity index is 1.80. The van der Waals surface area contributed by atoms with Crippen LogP contribution in [-0.2, 0) is 6.42 Å². The molecule has 1 aromatic carbocycles. The predicted octanol–water partition coefficient (Wildman–Crippen LogP) is 2.19. The maximum Gasteiger partial charge on any atom is 0.167 e. The van der Waals surface area contributed by atoms with Crippen molar-refractivity contribution in [1.82, 2.24) is 5.32 Å². The van der Waals surface area contributed by atoms with Gasteiger partial charge in [0.25, 0.3) is 0 Å². The SMILES string of the molecule is CC1Cc2cc(C(=O)C3CCCNC3)ccc2O1. The molecule has 0 saturated carbocycles. The lowest BCUT2D eigenvalue weighted by molar-refractivity contribution is 0.0899. The van der Waals surface area contributed by atoms with Gasteiger partial charge in [-0.1, -0.05) is 0 Å². The van der Waals surface area contributed by atoms with E-state index in [-0.39, 0.29) is 17.8 Å². The highest BCUT2D eigenvalue weighted by atomic mass is 16.5. The molecule has 2 aliphatic heterocycles. The van der Waals surface area contributed by atoms with E-state index in [4.69, 9.17) is 4.74 Å². The molecule has 1 fully saturated rings. The Morgan fingerprint density at radius 2 is 2.33 bits per heavy atom. The Hall–Kier alpha value is -1.35. The molecule has 0 aliphatic carbocycles. The topological polar surface area (TPSA) is 38.3 Å². The minimum Gasteiger partial charge on any atom is -0.490 e. The molecule has 2 heterocycles. The van der Waals surface area contributed by atoms with Crippen molar-refractivity contribution in [2.24, 2.45) is 5.92 Å². The molecule has 0 amide bonds. The van der Waals surface area contributed by atoms with Crippen LogP contribution >= 0.6 is 0 Å². The van der Waals surface area contributed by atoms with Crippen LogP contribution < -0.4 is 10.1 Å². The first-order valence-corrected chi connectivity index (χ1v) is 6.78. The van der Waals surface area contributed by atoms with Crippen molar-refractivity contribution >= 4 is 5.78 Å². The van der Waals surface area contributed by atoms with E-state index >= 15 is 0 Å². The minimum absolute atomic E-state index is 0.150. The number of nitrogens with one attached hydrogen (secondary N) is 1. The van der Waals surface area contributed by atoms with Gasteiger partial charge in [0.15, 0.2) is 5.78 Å². The number of piperidine rings is 1. The molecule has 2 unspecified atom stereocenters. The molecule has 1 saturated heterocycles. The Morgan fingerprint density at radius 3 is 3.11 bits per heavy atom. The van der Waals surface area contributed by atoms with Crippen LogP contribution in [0.1, 0.15) is 35.7 Å². The summed E-state index contributed by atoms with van der Waals surface area (Å²) in [5.41, 5.74) is 2.03. The van der Waals surface area contributed by atoms with Crippen molar-refractivity contribution in [3.8, 4) is 5.75 Å². The number of hydrogen-bond donors (Lipinski definition) is 1. The maximum atomic E-state index is 12.4. The molecule has 1 N–H and O–H groups in total. The zero-order valence-corrected chi connectivity index (χ0v) is 10.7. The molecule has 0 spiro atoms. The molecular formula is C15H19NO2. The first-order valence-electron chi connectivity index (χ1n) is 6.78. The molecule has 96 valence electrons. The van der Waals surface area contributed by atoms with Crippen LogP contribution in [0.15, 0.2) is 18.2 Å². The van der Waals surface area contributed by atoms with Gasteiger partial charge < -0.3 is 10.1 Å². The standard InChI is InChI=1S/C15H19NO2/c1-10-7-13-8-11(4-5-14(13)18-10)15(17)12-3-2-6-16-9-12/h4-5,8,10,12,16H,2-3,6-7,9H2,1H3. The van der Waals surface area contributed by atoms with Crippen LogP contribution in [-0.4, -0.2) is 25.0 Å². The van der Waals surface area contributed by atoms with Crippen LogP contribution in [0.5, 0.6) is 5.75 Å². The number of ketones is 1. The quantitative estimate of drug-likeness (QED) is 0.812. The van der Waals surface area contributed by atoms with Crippen molar-refractivity contribution in [1.29, 1.82) is 0 Å². The second-order valence-corrected chi connectivity index (χ2v) is 5.36. The third kappa shape index (κ3) is 2.15. The smallest absolute Gasteiger partial charge is 0.167 e.